The van der Waals surface area contributed by atoms with Crippen molar-refractivity contribution in [3.8, 4) is 5.75 Å². The number of aromatic nitrogens is 3. The van der Waals surface area contributed by atoms with E-state index in [9.17, 15) is 9.59 Å². The molecule has 0 aliphatic rings. The molecule has 150 valence electrons. The van der Waals surface area contributed by atoms with Crippen molar-refractivity contribution in [1.29, 1.82) is 0 Å². The van der Waals surface area contributed by atoms with Crippen molar-refractivity contribution >= 4 is 16.8 Å². The lowest BCUT2D eigenvalue weighted by Crippen LogP contribution is -2.21. The molecule has 1 aromatic carbocycles. The molecule has 0 aliphatic heterocycles. The van der Waals surface area contributed by atoms with Gasteiger partial charge in [-0.05, 0) is 61.9 Å². The highest BCUT2D eigenvalue weighted by molar-refractivity contribution is 6.10. The third kappa shape index (κ3) is 3.59. The molecule has 0 bridgehead atoms. The normalized spacial score (nSPS) is 10.9. The molecular weight excluding hydrogens is 378 g/mol. The topological polar surface area (TPSA) is 74.1 Å². The molecular formula is C24H21N3O3. The first-order valence-electron chi connectivity index (χ1n) is 9.58. The molecule has 4 aromatic rings. The molecule has 6 heteroatoms. The molecule has 30 heavy (non-hydrogen) atoms. The van der Waals surface area contributed by atoms with Gasteiger partial charge in [-0.15, -0.1) is 0 Å². The summed E-state index contributed by atoms with van der Waals surface area (Å²) in [5, 5.41) is 0. The van der Waals surface area contributed by atoms with Crippen LogP contribution in [0.5, 0.6) is 5.75 Å². The van der Waals surface area contributed by atoms with E-state index in [-0.39, 0.29) is 22.3 Å². The first-order valence-corrected chi connectivity index (χ1v) is 9.58. The lowest BCUT2D eigenvalue weighted by atomic mass is 10.0. The quantitative estimate of drug-likeness (QED) is 0.479. The number of carbonyl (C=O) groups is 1. The van der Waals surface area contributed by atoms with Crippen molar-refractivity contribution in [1.82, 2.24) is 14.5 Å². The van der Waals surface area contributed by atoms with Gasteiger partial charge < -0.3 is 9.30 Å². The molecule has 6 nitrogen and oxygen atoms in total. The van der Waals surface area contributed by atoms with E-state index in [2.05, 4.69) is 9.97 Å². The Bertz CT molecular complexity index is 1330. The second-order valence-electron chi connectivity index (χ2n) is 7.15. The van der Waals surface area contributed by atoms with Gasteiger partial charge in [-0.1, -0.05) is 6.07 Å². The summed E-state index contributed by atoms with van der Waals surface area (Å²) in [6, 6.07) is 14.5. The van der Waals surface area contributed by atoms with Crippen LogP contribution in [0.2, 0.25) is 0 Å². The van der Waals surface area contributed by atoms with E-state index in [0.29, 0.717) is 23.4 Å². The highest BCUT2D eigenvalue weighted by Crippen LogP contribution is 2.21. The molecule has 0 saturated heterocycles. The molecule has 0 atom stereocenters. The smallest absolute Gasteiger partial charge is 0.218 e. The van der Waals surface area contributed by atoms with E-state index in [1.165, 1.54) is 0 Å². The van der Waals surface area contributed by atoms with Crippen molar-refractivity contribution in [3.05, 3.63) is 99.2 Å². The zero-order valence-electron chi connectivity index (χ0n) is 17.0. The Morgan fingerprint density at radius 2 is 1.93 bits per heavy atom. The summed E-state index contributed by atoms with van der Waals surface area (Å²) in [6.45, 7) is 4.21. The van der Waals surface area contributed by atoms with Crippen LogP contribution in [-0.4, -0.2) is 27.4 Å². The predicted molar refractivity (Wildman–Crippen MR) is 115 cm³/mol. The van der Waals surface area contributed by atoms with Gasteiger partial charge in [-0.25, -0.2) is 0 Å². The van der Waals surface area contributed by atoms with Gasteiger partial charge in [-0.3, -0.25) is 19.6 Å². The fraction of sp³-hybridized carbons (Fsp3) is 0.167. The van der Waals surface area contributed by atoms with Crippen LogP contribution in [-0.2, 0) is 6.54 Å². The van der Waals surface area contributed by atoms with Crippen molar-refractivity contribution in [2.45, 2.75) is 20.4 Å². The number of aryl methyl sites for hydroxylation is 2. The Labute approximate surface area is 173 Å². The predicted octanol–water partition coefficient (Wildman–Crippen LogP) is 3.70. The van der Waals surface area contributed by atoms with Gasteiger partial charge in [0.1, 0.15) is 11.3 Å². The zero-order chi connectivity index (χ0) is 21.3. The standard InChI is InChI=1S/C24H21N3O3/c1-15-12-17(9-10-21(15)30-3)23(28)19-14-27(13-18-7-4-6-16(2)26-18)20-8-5-11-25-22(20)24(19)29/h4-12,14H,13H2,1-3H3. The van der Waals surface area contributed by atoms with E-state index < -0.39 is 0 Å². The lowest BCUT2D eigenvalue weighted by Gasteiger charge is -2.13. The third-order valence-electron chi connectivity index (χ3n) is 5.02. The molecule has 4 rings (SSSR count). The fourth-order valence-electron chi connectivity index (χ4n) is 3.54. The number of benzene rings is 1. The molecule has 3 heterocycles. The largest absolute Gasteiger partial charge is 0.496 e. The molecule has 0 unspecified atom stereocenters. The number of carbonyl (C=O) groups excluding carboxylic acids is 1. The van der Waals surface area contributed by atoms with Gasteiger partial charge in [-0.2, -0.15) is 0 Å². The molecule has 3 aromatic heterocycles. The van der Waals surface area contributed by atoms with Crippen molar-refractivity contribution in [2.75, 3.05) is 7.11 Å². The fourth-order valence-corrected chi connectivity index (χ4v) is 3.54. The van der Waals surface area contributed by atoms with E-state index in [4.69, 9.17) is 4.74 Å². The van der Waals surface area contributed by atoms with Crippen LogP contribution in [0.15, 0.2) is 65.7 Å². The van der Waals surface area contributed by atoms with Crippen LogP contribution in [0.25, 0.3) is 11.0 Å². The Morgan fingerprint density at radius 3 is 2.67 bits per heavy atom. The first-order chi connectivity index (χ1) is 14.5. The SMILES string of the molecule is COc1ccc(C(=O)c2cn(Cc3cccc(C)n3)c3cccnc3c2=O)cc1C. The average Bonchev–Trinajstić information content (AvgIpc) is 2.75. The summed E-state index contributed by atoms with van der Waals surface area (Å²) in [5.74, 6) is 0.346. The van der Waals surface area contributed by atoms with Crippen LogP contribution >= 0.6 is 0 Å². The monoisotopic (exact) mass is 399 g/mol. The Hall–Kier alpha value is -3.80. The van der Waals surface area contributed by atoms with Crippen LogP contribution in [0.3, 0.4) is 0 Å². The number of pyridine rings is 3. The van der Waals surface area contributed by atoms with Crippen molar-refractivity contribution in [2.24, 2.45) is 0 Å². The minimum atomic E-state index is -0.377. The number of ether oxygens (including phenoxy) is 1. The molecule has 0 N–H and O–H groups in total. The highest BCUT2D eigenvalue weighted by atomic mass is 16.5. The van der Waals surface area contributed by atoms with Crippen LogP contribution < -0.4 is 10.2 Å². The number of rotatable bonds is 5. The Kier molecular flexibility index (Phi) is 5.14. The molecule has 0 aliphatic carbocycles. The second kappa shape index (κ2) is 7.91. The lowest BCUT2D eigenvalue weighted by molar-refractivity contribution is 0.103. The van der Waals surface area contributed by atoms with E-state index in [1.54, 1.807) is 43.8 Å². The van der Waals surface area contributed by atoms with Gasteiger partial charge in [0.2, 0.25) is 5.43 Å². The maximum atomic E-state index is 13.2. The van der Waals surface area contributed by atoms with Gasteiger partial charge in [0, 0.05) is 23.7 Å². The number of hydrogen-bond acceptors (Lipinski definition) is 5. The van der Waals surface area contributed by atoms with Crippen molar-refractivity contribution in [3.63, 3.8) is 0 Å². The molecule has 0 amide bonds. The number of hydrogen-bond donors (Lipinski definition) is 0. The number of ketones is 1. The molecule has 0 saturated carbocycles. The van der Waals surface area contributed by atoms with Gasteiger partial charge in [0.15, 0.2) is 5.78 Å². The first kappa shape index (κ1) is 19.5. The second-order valence-corrected chi connectivity index (χ2v) is 7.15. The van der Waals surface area contributed by atoms with Crippen LogP contribution in [0.1, 0.15) is 32.9 Å². The maximum absolute atomic E-state index is 13.2. The minimum absolute atomic E-state index is 0.0819. The number of nitrogens with zero attached hydrogens (tertiary/aromatic N) is 3. The van der Waals surface area contributed by atoms with Gasteiger partial charge in [0.25, 0.3) is 0 Å². The third-order valence-corrected chi connectivity index (χ3v) is 5.02. The molecule has 0 spiro atoms. The van der Waals surface area contributed by atoms with Gasteiger partial charge >= 0.3 is 0 Å². The molecule has 0 fully saturated rings. The zero-order valence-corrected chi connectivity index (χ0v) is 17.0. The minimum Gasteiger partial charge on any atom is -0.496 e. The maximum Gasteiger partial charge on any atom is 0.218 e. The Morgan fingerprint density at radius 1 is 1.10 bits per heavy atom. The summed E-state index contributed by atoms with van der Waals surface area (Å²) < 4.78 is 7.12. The van der Waals surface area contributed by atoms with Crippen molar-refractivity contribution < 1.29 is 9.53 Å². The summed E-state index contributed by atoms with van der Waals surface area (Å²) in [7, 11) is 1.58. The summed E-state index contributed by atoms with van der Waals surface area (Å²) >= 11 is 0. The summed E-state index contributed by atoms with van der Waals surface area (Å²) in [6.07, 6.45) is 3.17. The average molecular weight is 399 g/mol. The van der Waals surface area contributed by atoms with E-state index in [1.807, 2.05) is 42.7 Å². The summed E-state index contributed by atoms with van der Waals surface area (Å²) in [5.41, 5.74) is 3.63. The van der Waals surface area contributed by atoms with E-state index >= 15 is 0 Å². The van der Waals surface area contributed by atoms with E-state index in [0.717, 1.165) is 17.0 Å². The summed E-state index contributed by atoms with van der Waals surface area (Å²) in [4.78, 5) is 35.1. The Balaban J connectivity index is 1.86. The highest BCUT2D eigenvalue weighted by Gasteiger charge is 2.19. The van der Waals surface area contributed by atoms with Crippen LogP contribution in [0, 0.1) is 13.8 Å². The van der Waals surface area contributed by atoms with Crippen LogP contribution in [0.4, 0.5) is 0 Å². The van der Waals surface area contributed by atoms with Gasteiger partial charge in [0.05, 0.1) is 30.4 Å². The molecule has 0 radical (unpaired) electrons. The number of fused-ring (bicyclic) bond motifs is 1. The number of methoxy groups -OCH3 is 1.